The summed E-state index contributed by atoms with van der Waals surface area (Å²) in [6.45, 7) is 8.04. The van der Waals surface area contributed by atoms with Crippen LogP contribution in [0.4, 0.5) is 4.79 Å². The lowest BCUT2D eigenvalue weighted by molar-refractivity contribution is -0.111. The van der Waals surface area contributed by atoms with Crippen molar-refractivity contribution in [3.8, 4) is 0 Å². The molecule has 17 heavy (non-hydrogen) atoms. The molecule has 100 valence electrons. The maximum atomic E-state index is 11.4. The summed E-state index contributed by atoms with van der Waals surface area (Å²) in [5.41, 5.74) is -0.475. The molecule has 0 bridgehead atoms. The van der Waals surface area contributed by atoms with Gasteiger partial charge in [0.25, 0.3) is 0 Å². The summed E-state index contributed by atoms with van der Waals surface area (Å²) in [5, 5.41) is 2.74. The van der Waals surface area contributed by atoms with Gasteiger partial charge in [0.05, 0.1) is 0 Å². The van der Waals surface area contributed by atoms with Gasteiger partial charge in [-0.3, -0.25) is 0 Å². The first-order chi connectivity index (χ1) is 7.85. The van der Waals surface area contributed by atoms with Gasteiger partial charge in [-0.2, -0.15) is 0 Å². The number of alkyl carbamates (subject to hydrolysis) is 1. The van der Waals surface area contributed by atoms with Gasteiger partial charge in [0.1, 0.15) is 18.5 Å². The van der Waals surface area contributed by atoms with E-state index in [0.717, 1.165) is 19.1 Å². The number of hydrogen-bond donors (Lipinski definition) is 1. The van der Waals surface area contributed by atoms with E-state index >= 15 is 0 Å². The normalized spacial score (nSPS) is 12.9. The average molecular weight is 245 g/mol. The SMILES string of the molecule is C[C@@H](CCCOCC=O)NC(=O)OC(C)(C)C. The Morgan fingerprint density at radius 2 is 2.06 bits per heavy atom. The Labute approximate surface area is 103 Å². The Morgan fingerprint density at radius 3 is 2.59 bits per heavy atom. The van der Waals surface area contributed by atoms with Crippen LogP contribution in [-0.2, 0) is 14.3 Å². The van der Waals surface area contributed by atoms with E-state index < -0.39 is 11.7 Å². The highest BCUT2D eigenvalue weighted by Crippen LogP contribution is 2.07. The Morgan fingerprint density at radius 1 is 1.41 bits per heavy atom. The summed E-state index contributed by atoms with van der Waals surface area (Å²) in [7, 11) is 0. The third kappa shape index (κ3) is 11.2. The molecule has 0 rings (SSSR count). The van der Waals surface area contributed by atoms with Crippen LogP contribution in [0.2, 0.25) is 0 Å². The van der Waals surface area contributed by atoms with Gasteiger partial charge in [-0.25, -0.2) is 4.79 Å². The van der Waals surface area contributed by atoms with E-state index in [4.69, 9.17) is 9.47 Å². The van der Waals surface area contributed by atoms with Crippen LogP contribution in [0, 0.1) is 0 Å². The zero-order valence-corrected chi connectivity index (χ0v) is 11.1. The van der Waals surface area contributed by atoms with Crippen molar-refractivity contribution >= 4 is 12.4 Å². The zero-order valence-electron chi connectivity index (χ0n) is 11.1. The van der Waals surface area contributed by atoms with E-state index in [9.17, 15) is 9.59 Å². The fourth-order valence-corrected chi connectivity index (χ4v) is 1.20. The maximum Gasteiger partial charge on any atom is 0.407 e. The largest absolute Gasteiger partial charge is 0.444 e. The van der Waals surface area contributed by atoms with Gasteiger partial charge in [0.2, 0.25) is 0 Å². The minimum atomic E-state index is -0.475. The molecule has 0 fully saturated rings. The second-order valence-corrected chi connectivity index (χ2v) is 4.93. The van der Waals surface area contributed by atoms with Crippen molar-refractivity contribution in [1.82, 2.24) is 5.32 Å². The quantitative estimate of drug-likeness (QED) is 0.549. The number of aldehydes is 1. The van der Waals surface area contributed by atoms with Crippen molar-refractivity contribution in [2.75, 3.05) is 13.2 Å². The number of nitrogens with one attached hydrogen (secondary N) is 1. The van der Waals surface area contributed by atoms with E-state index in [1.54, 1.807) is 0 Å². The molecule has 0 radical (unpaired) electrons. The Balaban J connectivity index is 3.60. The van der Waals surface area contributed by atoms with Gasteiger partial charge in [0, 0.05) is 12.6 Å². The molecule has 0 saturated heterocycles. The first-order valence-corrected chi connectivity index (χ1v) is 5.86. The molecule has 0 aromatic heterocycles. The molecule has 0 saturated carbocycles. The summed E-state index contributed by atoms with van der Waals surface area (Å²) < 4.78 is 10.1. The van der Waals surface area contributed by atoms with Crippen LogP contribution < -0.4 is 5.32 Å². The van der Waals surface area contributed by atoms with Crippen LogP contribution in [0.15, 0.2) is 0 Å². The molecule has 1 N–H and O–H groups in total. The summed E-state index contributed by atoms with van der Waals surface area (Å²) in [6.07, 6.45) is 1.91. The second-order valence-electron chi connectivity index (χ2n) is 4.93. The molecule has 0 aromatic carbocycles. The van der Waals surface area contributed by atoms with Gasteiger partial charge in [0.15, 0.2) is 0 Å². The van der Waals surface area contributed by atoms with E-state index in [1.165, 1.54) is 0 Å². The van der Waals surface area contributed by atoms with E-state index in [1.807, 2.05) is 27.7 Å². The summed E-state index contributed by atoms with van der Waals surface area (Å²) in [6, 6.07) is 0.0321. The van der Waals surface area contributed by atoms with Crippen molar-refractivity contribution in [3.05, 3.63) is 0 Å². The summed E-state index contributed by atoms with van der Waals surface area (Å²) in [5.74, 6) is 0. The van der Waals surface area contributed by atoms with Gasteiger partial charge in [-0.05, 0) is 40.5 Å². The lowest BCUT2D eigenvalue weighted by atomic mass is 10.2. The molecule has 0 aliphatic rings. The molecule has 0 spiro atoms. The molecule has 5 heteroatoms. The van der Waals surface area contributed by atoms with Crippen LogP contribution in [0.1, 0.15) is 40.5 Å². The Bertz CT molecular complexity index is 235. The molecule has 0 aromatic rings. The summed E-state index contributed by atoms with van der Waals surface area (Å²) in [4.78, 5) is 21.4. The predicted molar refractivity (Wildman–Crippen MR) is 64.9 cm³/mol. The lowest BCUT2D eigenvalue weighted by Gasteiger charge is -2.21. The van der Waals surface area contributed by atoms with Gasteiger partial charge in [-0.1, -0.05) is 0 Å². The monoisotopic (exact) mass is 245 g/mol. The van der Waals surface area contributed by atoms with Gasteiger partial charge >= 0.3 is 6.09 Å². The minimum Gasteiger partial charge on any atom is -0.444 e. The van der Waals surface area contributed by atoms with E-state index in [2.05, 4.69) is 5.32 Å². The molecule has 0 aliphatic heterocycles. The molecular weight excluding hydrogens is 222 g/mol. The third-order valence-electron chi connectivity index (χ3n) is 1.87. The summed E-state index contributed by atoms with van der Waals surface area (Å²) >= 11 is 0. The zero-order chi connectivity index (χ0) is 13.3. The molecular formula is C12H23NO4. The van der Waals surface area contributed by atoms with Gasteiger partial charge in [-0.15, -0.1) is 0 Å². The van der Waals surface area contributed by atoms with E-state index in [0.29, 0.717) is 6.61 Å². The molecule has 0 unspecified atom stereocenters. The fourth-order valence-electron chi connectivity index (χ4n) is 1.20. The first kappa shape index (κ1) is 15.9. The topological polar surface area (TPSA) is 64.6 Å². The van der Waals surface area contributed by atoms with Crippen molar-refractivity contribution < 1.29 is 19.1 Å². The predicted octanol–water partition coefficient (Wildman–Crippen LogP) is 1.90. The number of rotatable bonds is 7. The molecule has 1 atom stereocenters. The van der Waals surface area contributed by atoms with E-state index in [-0.39, 0.29) is 12.6 Å². The van der Waals surface area contributed by atoms with Crippen LogP contribution >= 0.6 is 0 Å². The third-order valence-corrected chi connectivity index (χ3v) is 1.87. The lowest BCUT2D eigenvalue weighted by Crippen LogP contribution is -2.37. The first-order valence-electron chi connectivity index (χ1n) is 5.86. The van der Waals surface area contributed by atoms with Crippen LogP contribution in [0.5, 0.6) is 0 Å². The van der Waals surface area contributed by atoms with Crippen LogP contribution in [0.3, 0.4) is 0 Å². The number of hydrogen-bond acceptors (Lipinski definition) is 4. The Hall–Kier alpha value is -1.10. The molecule has 1 amide bonds. The maximum absolute atomic E-state index is 11.4. The number of carbonyl (C=O) groups excluding carboxylic acids is 2. The Kier molecular flexibility index (Phi) is 7.54. The number of amides is 1. The molecule has 5 nitrogen and oxygen atoms in total. The van der Waals surface area contributed by atoms with Crippen LogP contribution in [0.25, 0.3) is 0 Å². The molecule has 0 aliphatic carbocycles. The minimum absolute atomic E-state index is 0.0321. The van der Waals surface area contributed by atoms with Gasteiger partial charge < -0.3 is 19.6 Å². The fraction of sp³-hybridized carbons (Fsp3) is 0.833. The van der Waals surface area contributed by atoms with Crippen molar-refractivity contribution in [1.29, 1.82) is 0 Å². The number of carbonyl (C=O) groups is 2. The highest BCUT2D eigenvalue weighted by Gasteiger charge is 2.17. The van der Waals surface area contributed by atoms with Crippen molar-refractivity contribution in [2.45, 2.75) is 52.2 Å². The smallest absolute Gasteiger partial charge is 0.407 e. The van der Waals surface area contributed by atoms with Crippen molar-refractivity contribution in [2.24, 2.45) is 0 Å². The van der Waals surface area contributed by atoms with Crippen molar-refractivity contribution in [3.63, 3.8) is 0 Å². The highest BCUT2D eigenvalue weighted by atomic mass is 16.6. The highest BCUT2D eigenvalue weighted by molar-refractivity contribution is 5.67. The standard InChI is InChI=1S/C12H23NO4/c1-10(6-5-8-16-9-7-14)13-11(15)17-12(2,3)4/h7,10H,5-6,8-9H2,1-4H3,(H,13,15)/t10-/m0/s1. The second kappa shape index (κ2) is 8.06. The number of ether oxygens (including phenoxy) is 2. The average Bonchev–Trinajstić information content (AvgIpc) is 2.14. The molecule has 0 heterocycles. The van der Waals surface area contributed by atoms with Crippen LogP contribution in [-0.4, -0.2) is 37.2 Å².